The molecule has 0 saturated heterocycles. The molecule has 2 aromatic rings. The zero-order valence-electron chi connectivity index (χ0n) is 13.9. The average molecular weight is 356 g/mol. The summed E-state index contributed by atoms with van der Waals surface area (Å²) in [4.78, 5) is 24.9. The molecule has 0 aliphatic heterocycles. The van der Waals surface area contributed by atoms with Gasteiger partial charge in [0, 0.05) is 11.3 Å². The molecule has 0 aliphatic carbocycles. The summed E-state index contributed by atoms with van der Waals surface area (Å²) in [7, 11) is 0. The molecule has 0 aliphatic rings. The summed E-state index contributed by atoms with van der Waals surface area (Å²) in [5.74, 6) is -0.788. The largest absolute Gasteiger partial charge is 0.340 e. The highest BCUT2D eigenvalue weighted by atomic mass is 35.5. The van der Waals surface area contributed by atoms with Crippen molar-refractivity contribution in [1.82, 2.24) is 5.32 Å². The summed E-state index contributed by atoms with van der Waals surface area (Å²) in [5, 5.41) is 14.8. The van der Waals surface area contributed by atoms with Gasteiger partial charge in [0.05, 0.1) is 10.6 Å². The van der Waals surface area contributed by atoms with E-state index in [9.17, 15) is 9.59 Å². The lowest BCUT2D eigenvalue weighted by molar-refractivity contribution is -0.118. The van der Waals surface area contributed by atoms with Crippen LogP contribution >= 0.6 is 11.6 Å². The van der Waals surface area contributed by atoms with E-state index in [-0.39, 0.29) is 23.3 Å². The number of halogens is 1. The zero-order chi connectivity index (χ0) is 18.4. The molecular formula is C19H18ClN3O2. The smallest absolute Gasteiger partial charge is 0.251 e. The number of nitrogens with one attached hydrogen (secondary N) is 2. The van der Waals surface area contributed by atoms with Crippen LogP contribution in [-0.4, -0.2) is 17.9 Å². The SMILES string of the molecule is CC(C)C(NC(=O)c1ccccc1)C(=O)Nc1ccc(Cl)c(C#N)c1. The van der Waals surface area contributed by atoms with Crippen LogP contribution in [0.15, 0.2) is 48.5 Å². The third-order valence-electron chi connectivity index (χ3n) is 3.63. The fourth-order valence-electron chi connectivity index (χ4n) is 2.26. The van der Waals surface area contributed by atoms with Gasteiger partial charge in [0.25, 0.3) is 5.91 Å². The second-order valence-electron chi connectivity index (χ2n) is 5.86. The number of rotatable bonds is 5. The highest BCUT2D eigenvalue weighted by molar-refractivity contribution is 6.31. The van der Waals surface area contributed by atoms with Gasteiger partial charge in [-0.15, -0.1) is 0 Å². The van der Waals surface area contributed by atoms with Gasteiger partial charge in [-0.2, -0.15) is 5.26 Å². The lowest BCUT2D eigenvalue weighted by atomic mass is 10.0. The highest BCUT2D eigenvalue weighted by Crippen LogP contribution is 2.20. The Morgan fingerprint density at radius 1 is 1.12 bits per heavy atom. The Kier molecular flexibility index (Phi) is 6.15. The number of nitrogens with zero attached hydrogens (tertiary/aromatic N) is 1. The van der Waals surface area contributed by atoms with Crippen molar-refractivity contribution in [2.45, 2.75) is 19.9 Å². The maximum Gasteiger partial charge on any atom is 0.251 e. The van der Waals surface area contributed by atoms with Crippen molar-refractivity contribution in [3.8, 4) is 6.07 Å². The van der Waals surface area contributed by atoms with E-state index in [2.05, 4.69) is 10.6 Å². The molecule has 0 radical (unpaired) electrons. The fraction of sp³-hybridized carbons (Fsp3) is 0.211. The van der Waals surface area contributed by atoms with Crippen molar-refractivity contribution in [3.05, 3.63) is 64.7 Å². The molecular weight excluding hydrogens is 338 g/mol. The summed E-state index contributed by atoms with van der Waals surface area (Å²) in [5.41, 5.74) is 1.21. The number of carbonyl (C=O) groups excluding carboxylic acids is 2. The summed E-state index contributed by atoms with van der Waals surface area (Å²) < 4.78 is 0. The molecule has 0 aromatic heterocycles. The molecule has 0 spiro atoms. The quantitative estimate of drug-likeness (QED) is 0.859. The molecule has 2 N–H and O–H groups in total. The molecule has 2 amide bonds. The normalized spacial score (nSPS) is 11.5. The summed E-state index contributed by atoms with van der Waals surface area (Å²) >= 11 is 5.89. The van der Waals surface area contributed by atoms with Gasteiger partial charge < -0.3 is 10.6 Å². The maximum atomic E-state index is 12.6. The molecule has 0 saturated carbocycles. The van der Waals surface area contributed by atoms with Crippen LogP contribution in [0.2, 0.25) is 5.02 Å². The second kappa shape index (κ2) is 8.32. The third kappa shape index (κ3) is 4.82. The minimum Gasteiger partial charge on any atom is -0.340 e. The van der Waals surface area contributed by atoms with E-state index in [1.807, 2.05) is 26.0 Å². The predicted octanol–water partition coefficient (Wildman–Crippen LogP) is 3.60. The van der Waals surface area contributed by atoms with E-state index < -0.39 is 6.04 Å². The highest BCUT2D eigenvalue weighted by Gasteiger charge is 2.24. The van der Waals surface area contributed by atoms with Crippen molar-refractivity contribution < 1.29 is 9.59 Å². The number of benzene rings is 2. The molecule has 0 fully saturated rings. The first-order valence-corrected chi connectivity index (χ1v) is 8.16. The van der Waals surface area contributed by atoms with Crippen molar-refractivity contribution in [3.63, 3.8) is 0 Å². The lowest BCUT2D eigenvalue weighted by Gasteiger charge is -2.22. The first-order valence-electron chi connectivity index (χ1n) is 7.78. The Hall–Kier alpha value is -2.84. The van der Waals surface area contributed by atoms with Crippen LogP contribution in [0.1, 0.15) is 29.8 Å². The number of hydrogen-bond acceptors (Lipinski definition) is 3. The predicted molar refractivity (Wildman–Crippen MR) is 97.3 cm³/mol. The number of carbonyl (C=O) groups is 2. The molecule has 25 heavy (non-hydrogen) atoms. The first-order chi connectivity index (χ1) is 11.9. The van der Waals surface area contributed by atoms with Gasteiger partial charge in [-0.25, -0.2) is 0 Å². The van der Waals surface area contributed by atoms with E-state index >= 15 is 0 Å². The van der Waals surface area contributed by atoms with Gasteiger partial charge in [0.1, 0.15) is 12.1 Å². The molecule has 6 heteroatoms. The minimum atomic E-state index is -0.714. The molecule has 0 bridgehead atoms. The van der Waals surface area contributed by atoms with Crippen LogP contribution in [0.5, 0.6) is 0 Å². The van der Waals surface area contributed by atoms with E-state index in [0.717, 1.165) is 0 Å². The summed E-state index contributed by atoms with van der Waals surface area (Å²) in [6.07, 6.45) is 0. The third-order valence-corrected chi connectivity index (χ3v) is 3.96. The Bertz CT molecular complexity index is 813. The van der Waals surface area contributed by atoms with Crippen LogP contribution in [0.4, 0.5) is 5.69 Å². The topological polar surface area (TPSA) is 82.0 Å². The number of amides is 2. The van der Waals surface area contributed by atoms with Gasteiger partial charge in [-0.1, -0.05) is 43.6 Å². The maximum absolute atomic E-state index is 12.6. The second-order valence-corrected chi connectivity index (χ2v) is 6.26. The Labute approximate surface area is 151 Å². The number of nitriles is 1. The molecule has 5 nitrogen and oxygen atoms in total. The van der Waals surface area contributed by atoms with Gasteiger partial charge in [0.15, 0.2) is 0 Å². The van der Waals surface area contributed by atoms with Crippen molar-refractivity contribution in [1.29, 1.82) is 5.26 Å². The summed E-state index contributed by atoms with van der Waals surface area (Å²) in [6, 6.07) is 14.6. The average Bonchev–Trinajstić information content (AvgIpc) is 2.61. The number of hydrogen-bond donors (Lipinski definition) is 2. The molecule has 2 aromatic carbocycles. The van der Waals surface area contributed by atoms with Crippen LogP contribution < -0.4 is 10.6 Å². The van der Waals surface area contributed by atoms with Gasteiger partial charge in [-0.05, 0) is 36.2 Å². The van der Waals surface area contributed by atoms with E-state index in [0.29, 0.717) is 16.3 Å². The van der Waals surface area contributed by atoms with Crippen molar-refractivity contribution in [2.75, 3.05) is 5.32 Å². The molecule has 1 unspecified atom stereocenters. The minimum absolute atomic E-state index is 0.115. The van der Waals surface area contributed by atoms with E-state index in [4.69, 9.17) is 16.9 Å². The van der Waals surface area contributed by atoms with Crippen molar-refractivity contribution in [2.24, 2.45) is 5.92 Å². The lowest BCUT2D eigenvalue weighted by Crippen LogP contribution is -2.47. The fourth-order valence-corrected chi connectivity index (χ4v) is 2.42. The Morgan fingerprint density at radius 2 is 1.80 bits per heavy atom. The van der Waals surface area contributed by atoms with Crippen LogP contribution in [-0.2, 0) is 4.79 Å². The van der Waals surface area contributed by atoms with E-state index in [1.165, 1.54) is 6.07 Å². The van der Waals surface area contributed by atoms with Gasteiger partial charge >= 0.3 is 0 Å². The summed E-state index contributed by atoms with van der Waals surface area (Å²) in [6.45, 7) is 3.69. The van der Waals surface area contributed by atoms with Crippen LogP contribution in [0.3, 0.4) is 0 Å². The van der Waals surface area contributed by atoms with Gasteiger partial charge in [0.2, 0.25) is 5.91 Å². The molecule has 2 rings (SSSR count). The van der Waals surface area contributed by atoms with Crippen LogP contribution in [0, 0.1) is 17.2 Å². The molecule has 0 heterocycles. The molecule has 128 valence electrons. The Balaban J connectivity index is 2.13. The van der Waals surface area contributed by atoms with Gasteiger partial charge in [-0.3, -0.25) is 9.59 Å². The monoisotopic (exact) mass is 355 g/mol. The number of anilines is 1. The zero-order valence-corrected chi connectivity index (χ0v) is 14.7. The van der Waals surface area contributed by atoms with Crippen LogP contribution in [0.25, 0.3) is 0 Å². The standard InChI is InChI=1S/C19H18ClN3O2/c1-12(2)17(23-18(24)13-6-4-3-5-7-13)19(25)22-15-8-9-16(20)14(10-15)11-21/h3-10,12,17H,1-2H3,(H,22,25)(H,23,24). The first kappa shape index (κ1) is 18.5. The van der Waals surface area contributed by atoms with E-state index in [1.54, 1.807) is 36.4 Å². The Morgan fingerprint density at radius 3 is 2.40 bits per heavy atom. The van der Waals surface area contributed by atoms with Crippen molar-refractivity contribution >= 4 is 29.1 Å². The molecule has 1 atom stereocenters.